The fourth-order valence-corrected chi connectivity index (χ4v) is 5.94. The van der Waals surface area contributed by atoms with Gasteiger partial charge in [0.05, 0.1) is 18.6 Å². The minimum absolute atomic E-state index is 0.0900. The zero-order chi connectivity index (χ0) is 25.1. The van der Waals surface area contributed by atoms with Gasteiger partial charge in [0.2, 0.25) is 5.91 Å². The van der Waals surface area contributed by atoms with Crippen LogP contribution in [-0.4, -0.2) is 55.9 Å². The molecule has 2 atom stereocenters. The number of likely N-dealkylation sites (tertiary alicyclic amines) is 1. The summed E-state index contributed by atoms with van der Waals surface area (Å²) in [5, 5.41) is 0. The van der Waals surface area contributed by atoms with E-state index in [0.29, 0.717) is 18.2 Å². The third-order valence-corrected chi connectivity index (χ3v) is 7.93. The summed E-state index contributed by atoms with van der Waals surface area (Å²) in [4.78, 5) is 22.7. The molecule has 6 heteroatoms. The van der Waals surface area contributed by atoms with Crippen LogP contribution in [0.4, 0.5) is 10.1 Å². The summed E-state index contributed by atoms with van der Waals surface area (Å²) in [6.07, 6.45) is 7.70. The highest BCUT2D eigenvalue weighted by Crippen LogP contribution is 2.48. The van der Waals surface area contributed by atoms with Gasteiger partial charge in [0.15, 0.2) is 0 Å². The average molecular weight is 490 g/mol. The van der Waals surface area contributed by atoms with Gasteiger partial charge >= 0.3 is 0 Å². The molecule has 2 saturated heterocycles. The van der Waals surface area contributed by atoms with Crippen LogP contribution in [0.15, 0.2) is 53.5 Å². The van der Waals surface area contributed by atoms with Gasteiger partial charge in [0, 0.05) is 43.2 Å². The number of carbonyl (C=O) groups excluding carboxylic acids is 1. The van der Waals surface area contributed by atoms with Crippen LogP contribution in [0.5, 0.6) is 0 Å². The molecule has 0 bridgehead atoms. The lowest BCUT2D eigenvalue weighted by atomic mass is 9.81. The number of benzene rings is 2. The summed E-state index contributed by atoms with van der Waals surface area (Å²) in [6, 6.07) is 13.7. The van der Waals surface area contributed by atoms with Crippen molar-refractivity contribution >= 4 is 23.4 Å². The Morgan fingerprint density at radius 2 is 2.14 bits per heavy atom. The highest BCUT2D eigenvalue weighted by Gasteiger charge is 2.55. The predicted molar refractivity (Wildman–Crippen MR) is 143 cm³/mol. The molecule has 190 valence electrons. The van der Waals surface area contributed by atoms with E-state index in [4.69, 9.17) is 4.74 Å². The lowest BCUT2D eigenvalue weighted by Crippen LogP contribution is -2.45. The van der Waals surface area contributed by atoms with Gasteiger partial charge in [0.1, 0.15) is 5.82 Å². The first-order chi connectivity index (χ1) is 17.6. The zero-order valence-corrected chi connectivity index (χ0v) is 21.4. The van der Waals surface area contributed by atoms with Crippen molar-refractivity contribution in [2.75, 3.05) is 37.7 Å². The standard InChI is InChI=1S/C30H36FN3O2/c1-3-14-32-18-22(4-2)23-11-12-24(27(31)17-23)19-34-28-10-6-5-9-26(28)30(29(34)35)13-15-33(21-30)25-8-7-16-36-20-25/h4-6,9-12,17-18,25H,3,7-8,13-16,19-21H2,1-2H3/b22-4+,32-18?. The number of hydrogen-bond donors (Lipinski definition) is 0. The largest absolute Gasteiger partial charge is 0.380 e. The molecular formula is C30H36FN3O2. The number of ether oxygens (including phenoxy) is 1. The number of fused-ring (bicyclic) bond motifs is 2. The molecule has 5 nitrogen and oxygen atoms in total. The van der Waals surface area contributed by atoms with Gasteiger partial charge < -0.3 is 9.64 Å². The van der Waals surface area contributed by atoms with Crippen LogP contribution in [0.1, 0.15) is 56.2 Å². The second-order valence-corrected chi connectivity index (χ2v) is 10.2. The Kier molecular flexibility index (Phi) is 7.35. The number of amides is 1. The topological polar surface area (TPSA) is 45.1 Å². The highest BCUT2D eigenvalue weighted by molar-refractivity contribution is 6.10. The number of halogens is 1. The molecule has 2 aromatic carbocycles. The molecule has 3 aliphatic rings. The SMILES string of the molecule is C/C=C(\C=NCCC)c1ccc(CN2C(=O)C3(CCN(C4CCCOC4)C3)c3ccccc32)c(F)c1. The minimum Gasteiger partial charge on any atom is -0.380 e. The van der Waals surface area contributed by atoms with Gasteiger partial charge in [-0.2, -0.15) is 0 Å². The van der Waals surface area contributed by atoms with Gasteiger partial charge in [0.25, 0.3) is 0 Å². The highest BCUT2D eigenvalue weighted by atomic mass is 19.1. The molecule has 1 amide bonds. The predicted octanol–water partition coefficient (Wildman–Crippen LogP) is 5.38. The van der Waals surface area contributed by atoms with Crippen LogP contribution in [-0.2, 0) is 21.5 Å². The van der Waals surface area contributed by atoms with Crippen LogP contribution in [0.25, 0.3) is 5.57 Å². The second-order valence-electron chi connectivity index (χ2n) is 10.2. The normalized spacial score (nSPS) is 24.9. The van der Waals surface area contributed by atoms with Crippen molar-refractivity contribution in [2.45, 2.75) is 57.5 Å². The summed E-state index contributed by atoms with van der Waals surface area (Å²) in [5.74, 6) is -0.207. The van der Waals surface area contributed by atoms with E-state index in [0.717, 1.165) is 74.4 Å². The summed E-state index contributed by atoms with van der Waals surface area (Å²) in [6.45, 7) is 8.15. The fraction of sp³-hybridized carbons (Fsp3) is 0.467. The molecule has 3 aliphatic heterocycles. The molecule has 0 N–H and O–H groups in total. The molecule has 1 spiro atoms. The van der Waals surface area contributed by atoms with Gasteiger partial charge in [-0.3, -0.25) is 14.7 Å². The van der Waals surface area contributed by atoms with Gasteiger partial charge in [-0.05, 0) is 68.0 Å². The summed E-state index contributed by atoms with van der Waals surface area (Å²) < 4.78 is 21.1. The Morgan fingerprint density at radius 1 is 1.28 bits per heavy atom. The first-order valence-electron chi connectivity index (χ1n) is 13.3. The number of aliphatic imine (C=N–C) groups is 1. The first kappa shape index (κ1) is 24.8. The molecule has 0 aliphatic carbocycles. The molecule has 5 rings (SSSR count). The van der Waals surface area contributed by atoms with Crippen LogP contribution in [0, 0.1) is 5.82 Å². The van der Waals surface area contributed by atoms with Crippen molar-refractivity contribution in [3.05, 3.63) is 71.0 Å². The van der Waals surface area contributed by atoms with Crippen LogP contribution in [0.2, 0.25) is 0 Å². The molecule has 0 saturated carbocycles. The third kappa shape index (κ3) is 4.53. The van der Waals surface area contributed by atoms with Crippen LogP contribution < -0.4 is 4.90 Å². The van der Waals surface area contributed by atoms with E-state index < -0.39 is 5.41 Å². The number of rotatable bonds is 7. The quantitative estimate of drug-likeness (QED) is 0.491. The van der Waals surface area contributed by atoms with E-state index in [9.17, 15) is 4.79 Å². The smallest absolute Gasteiger partial charge is 0.239 e. The van der Waals surface area contributed by atoms with Crippen molar-refractivity contribution in [3.8, 4) is 0 Å². The lowest BCUT2D eigenvalue weighted by Gasteiger charge is -2.32. The number of hydrogen-bond acceptors (Lipinski definition) is 4. The molecule has 2 fully saturated rings. The lowest BCUT2D eigenvalue weighted by molar-refractivity contribution is -0.123. The molecule has 2 aromatic rings. The Bertz CT molecular complexity index is 1170. The number of carbonyl (C=O) groups is 1. The third-order valence-electron chi connectivity index (χ3n) is 7.93. The first-order valence-corrected chi connectivity index (χ1v) is 13.3. The maximum absolute atomic E-state index is 15.3. The van der Waals surface area contributed by atoms with Crippen LogP contribution in [0.3, 0.4) is 0 Å². The van der Waals surface area contributed by atoms with Crippen molar-refractivity contribution in [3.63, 3.8) is 0 Å². The summed E-state index contributed by atoms with van der Waals surface area (Å²) in [5.41, 5.74) is 3.65. The Hall–Kier alpha value is -2.83. The van der Waals surface area contributed by atoms with Gasteiger partial charge in [-0.15, -0.1) is 0 Å². The van der Waals surface area contributed by atoms with E-state index in [-0.39, 0.29) is 18.3 Å². The molecule has 0 radical (unpaired) electrons. The minimum atomic E-state index is -0.557. The maximum atomic E-state index is 15.3. The number of allylic oxidation sites excluding steroid dienone is 2. The molecule has 3 heterocycles. The summed E-state index contributed by atoms with van der Waals surface area (Å²) in [7, 11) is 0. The fourth-order valence-electron chi connectivity index (χ4n) is 5.94. The number of anilines is 1. The number of nitrogens with zero attached hydrogens (tertiary/aromatic N) is 3. The van der Waals surface area contributed by atoms with E-state index in [1.54, 1.807) is 11.0 Å². The van der Waals surface area contributed by atoms with Crippen LogP contribution >= 0.6 is 0 Å². The van der Waals surface area contributed by atoms with Gasteiger partial charge in [-0.1, -0.05) is 43.3 Å². The molecule has 2 unspecified atom stereocenters. The van der Waals surface area contributed by atoms with E-state index in [1.807, 2.05) is 49.5 Å². The van der Waals surface area contributed by atoms with Crippen molar-refractivity contribution in [2.24, 2.45) is 4.99 Å². The van der Waals surface area contributed by atoms with E-state index >= 15 is 4.39 Å². The van der Waals surface area contributed by atoms with E-state index in [1.165, 1.54) is 0 Å². The maximum Gasteiger partial charge on any atom is 0.239 e. The Morgan fingerprint density at radius 3 is 2.89 bits per heavy atom. The Labute approximate surface area is 213 Å². The van der Waals surface area contributed by atoms with Crippen molar-refractivity contribution in [1.82, 2.24) is 4.90 Å². The molecule has 36 heavy (non-hydrogen) atoms. The van der Waals surface area contributed by atoms with Crippen molar-refractivity contribution < 1.29 is 13.9 Å². The van der Waals surface area contributed by atoms with Crippen molar-refractivity contribution in [1.29, 1.82) is 0 Å². The molecule has 0 aromatic heterocycles. The zero-order valence-electron chi connectivity index (χ0n) is 21.4. The molecular weight excluding hydrogens is 453 g/mol. The second kappa shape index (κ2) is 10.7. The van der Waals surface area contributed by atoms with Gasteiger partial charge in [-0.25, -0.2) is 4.39 Å². The Balaban J connectivity index is 1.39. The summed E-state index contributed by atoms with van der Waals surface area (Å²) >= 11 is 0. The number of para-hydroxylation sites is 1. The monoisotopic (exact) mass is 489 g/mol. The average Bonchev–Trinajstić information content (AvgIpc) is 3.45. The van der Waals surface area contributed by atoms with E-state index in [2.05, 4.69) is 22.9 Å².